The zero-order valence-corrected chi connectivity index (χ0v) is 7.73. The van der Waals surface area contributed by atoms with Crippen LogP contribution in [0.2, 0.25) is 0 Å². The molecule has 0 radical (unpaired) electrons. The molecule has 0 saturated heterocycles. The molecule has 0 bridgehead atoms. The van der Waals surface area contributed by atoms with Gasteiger partial charge in [0.1, 0.15) is 0 Å². The maximum absolute atomic E-state index is 11.1. The number of carboxylic acid groups (broad SMARTS) is 1. The molecule has 4 heteroatoms. The lowest BCUT2D eigenvalue weighted by atomic mass is 9.82. The number of nitrogens with two attached hydrogens (primary N) is 1. The van der Waals surface area contributed by atoms with Crippen molar-refractivity contribution in [2.75, 3.05) is 0 Å². The lowest BCUT2D eigenvalue weighted by Crippen LogP contribution is -2.45. The summed E-state index contributed by atoms with van der Waals surface area (Å²) in [5, 5.41) is 8.96. The predicted molar refractivity (Wildman–Crippen MR) is 50.6 cm³/mol. The van der Waals surface area contributed by atoms with Crippen LogP contribution in [0.5, 0.6) is 0 Å². The van der Waals surface area contributed by atoms with Crippen molar-refractivity contribution < 1.29 is 14.7 Å². The van der Waals surface area contributed by atoms with Gasteiger partial charge in [-0.15, -0.1) is 0 Å². The quantitative estimate of drug-likeness (QED) is 0.686. The number of amides is 1. The van der Waals surface area contributed by atoms with Gasteiger partial charge in [0.05, 0.1) is 0 Å². The number of rotatable bonds is 3. The van der Waals surface area contributed by atoms with E-state index in [0.29, 0.717) is 5.56 Å². The second-order valence-corrected chi connectivity index (χ2v) is 3.16. The topological polar surface area (TPSA) is 80.4 Å². The fraction of sp³-hybridized carbons (Fsp3) is 0.200. The molecule has 14 heavy (non-hydrogen) atoms. The van der Waals surface area contributed by atoms with Crippen molar-refractivity contribution in [2.24, 2.45) is 5.73 Å². The molecule has 0 spiro atoms. The minimum Gasteiger partial charge on any atom is -0.480 e. The molecule has 1 atom stereocenters. The van der Waals surface area contributed by atoms with Crippen molar-refractivity contribution in [3.05, 3.63) is 35.9 Å². The van der Waals surface area contributed by atoms with Crippen molar-refractivity contribution >= 4 is 11.9 Å². The first-order chi connectivity index (χ1) is 6.49. The molecule has 1 rings (SSSR count). The molecule has 1 amide bonds. The lowest BCUT2D eigenvalue weighted by molar-refractivity contribution is -0.147. The number of primary amides is 1. The highest BCUT2D eigenvalue weighted by Gasteiger charge is 2.41. The second-order valence-electron chi connectivity index (χ2n) is 3.16. The highest BCUT2D eigenvalue weighted by Crippen LogP contribution is 2.23. The molecule has 0 saturated carbocycles. The van der Waals surface area contributed by atoms with E-state index in [0.717, 1.165) is 0 Å². The highest BCUT2D eigenvalue weighted by molar-refractivity contribution is 6.06. The van der Waals surface area contributed by atoms with Gasteiger partial charge in [0.15, 0.2) is 5.41 Å². The van der Waals surface area contributed by atoms with Gasteiger partial charge >= 0.3 is 5.97 Å². The average molecular weight is 193 g/mol. The Morgan fingerprint density at radius 3 is 2.14 bits per heavy atom. The Morgan fingerprint density at radius 1 is 1.29 bits per heavy atom. The van der Waals surface area contributed by atoms with Crippen LogP contribution in [-0.4, -0.2) is 17.0 Å². The van der Waals surface area contributed by atoms with E-state index in [1.165, 1.54) is 6.92 Å². The minimum absolute atomic E-state index is 0.389. The van der Waals surface area contributed by atoms with E-state index in [1.54, 1.807) is 30.3 Å². The molecular formula is C10H11NO3. The van der Waals surface area contributed by atoms with Gasteiger partial charge in [-0.2, -0.15) is 0 Å². The number of carbonyl (C=O) groups excluding carboxylic acids is 1. The number of aliphatic carboxylic acids is 1. The number of benzene rings is 1. The zero-order chi connectivity index (χ0) is 10.8. The predicted octanol–water partition coefficient (Wildman–Crippen LogP) is 0.514. The molecule has 0 aliphatic carbocycles. The van der Waals surface area contributed by atoms with Crippen molar-refractivity contribution in [2.45, 2.75) is 12.3 Å². The van der Waals surface area contributed by atoms with E-state index in [9.17, 15) is 9.59 Å². The van der Waals surface area contributed by atoms with E-state index < -0.39 is 17.3 Å². The molecule has 0 fully saturated rings. The van der Waals surface area contributed by atoms with Crippen molar-refractivity contribution in [1.29, 1.82) is 0 Å². The molecule has 1 aromatic rings. The van der Waals surface area contributed by atoms with Crippen LogP contribution in [0.25, 0.3) is 0 Å². The number of carbonyl (C=O) groups is 2. The van der Waals surface area contributed by atoms with Gasteiger partial charge in [-0.3, -0.25) is 9.59 Å². The molecule has 1 aromatic carbocycles. The monoisotopic (exact) mass is 193 g/mol. The van der Waals surface area contributed by atoms with Crippen molar-refractivity contribution in [1.82, 2.24) is 0 Å². The maximum atomic E-state index is 11.1. The molecule has 3 N–H and O–H groups in total. The van der Waals surface area contributed by atoms with Crippen LogP contribution in [0.4, 0.5) is 0 Å². The molecule has 74 valence electrons. The van der Waals surface area contributed by atoms with Gasteiger partial charge in [-0.05, 0) is 12.5 Å². The van der Waals surface area contributed by atoms with Crippen LogP contribution in [-0.2, 0) is 15.0 Å². The summed E-state index contributed by atoms with van der Waals surface area (Å²) in [4.78, 5) is 22.1. The van der Waals surface area contributed by atoms with Crippen molar-refractivity contribution in [3.8, 4) is 0 Å². The van der Waals surface area contributed by atoms with Gasteiger partial charge in [0, 0.05) is 0 Å². The summed E-state index contributed by atoms with van der Waals surface area (Å²) in [6, 6.07) is 8.21. The van der Waals surface area contributed by atoms with Crippen LogP contribution >= 0.6 is 0 Å². The largest absolute Gasteiger partial charge is 0.480 e. The van der Waals surface area contributed by atoms with Gasteiger partial charge in [-0.1, -0.05) is 30.3 Å². The SMILES string of the molecule is CC(C(N)=O)(C(=O)O)c1ccccc1. The summed E-state index contributed by atoms with van der Waals surface area (Å²) in [7, 11) is 0. The summed E-state index contributed by atoms with van der Waals surface area (Å²) in [6.45, 7) is 1.30. The molecule has 0 aliphatic heterocycles. The van der Waals surface area contributed by atoms with Crippen LogP contribution in [0, 0.1) is 0 Å². The Labute approximate surface area is 81.3 Å². The summed E-state index contributed by atoms with van der Waals surface area (Å²) in [6.07, 6.45) is 0. The minimum atomic E-state index is -1.65. The molecular weight excluding hydrogens is 182 g/mol. The number of hydrogen-bond acceptors (Lipinski definition) is 2. The first-order valence-electron chi connectivity index (χ1n) is 4.08. The van der Waals surface area contributed by atoms with Gasteiger partial charge in [0.2, 0.25) is 5.91 Å². The Balaban J connectivity index is 3.27. The summed E-state index contributed by atoms with van der Waals surface area (Å²) >= 11 is 0. The van der Waals surface area contributed by atoms with E-state index in [4.69, 9.17) is 10.8 Å². The van der Waals surface area contributed by atoms with E-state index in [-0.39, 0.29) is 0 Å². The molecule has 4 nitrogen and oxygen atoms in total. The van der Waals surface area contributed by atoms with Crippen molar-refractivity contribution in [3.63, 3.8) is 0 Å². The molecule has 0 heterocycles. The standard InChI is InChI=1S/C10H11NO3/c1-10(8(11)12,9(13)14)7-5-3-2-4-6-7/h2-6H,1H3,(H2,11,12)(H,13,14). The maximum Gasteiger partial charge on any atom is 0.323 e. The third kappa shape index (κ3) is 1.46. The van der Waals surface area contributed by atoms with E-state index in [2.05, 4.69) is 0 Å². The number of hydrogen-bond donors (Lipinski definition) is 2. The highest BCUT2D eigenvalue weighted by atomic mass is 16.4. The van der Waals surface area contributed by atoms with Gasteiger partial charge in [-0.25, -0.2) is 0 Å². The fourth-order valence-corrected chi connectivity index (χ4v) is 1.14. The van der Waals surface area contributed by atoms with Gasteiger partial charge in [0.25, 0.3) is 0 Å². The first-order valence-corrected chi connectivity index (χ1v) is 4.08. The van der Waals surface area contributed by atoms with Crippen LogP contribution in [0.3, 0.4) is 0 Å². The second kappa shape index (κ2) is 3.49. The van der Waals surface area contributed by atoms with Crippen LogP contribution in [0.15, 0.2) is 30.3 Å². The van der Waals surface area contributed by atoms with Crippen LogP contribution in [0.1, 0.15) is 12.5 Å². The number of carboxylic acids is 1. The van der Waals surface area contributed by atoms with Gasteiger partial charge < -0.3 is 10.8 Å². The van der Waals surface area contributed by atoms with E-state index in [1.807, 2.05) is 0 Å². The average Bonchev–Trinajstić information content (AvgIpc) is 2.17. The third-order valence-electron chi connectivity index (χ3n) is 2.27. The first kappa shape index (κ1) is 10.2. The Hall–Kier alpha value is -1.84. The lowest BCUT2D eigenvalue weighted by Gasteiger charge is -2.20. The smallest absolute Gasteiger partial charge is 0.323 e. The Morgan fingerprint density at radius 2 is 1.79 bits per heavy atom. The Bertz CT molecular complexity index is 345. The summed E-state index contributed by atoms with van der Waals surface area (Å²) < 4.78 is 0. The molecule has 0 aromatic heterocycles. The summed E-state index contributed by atoms with van der Waals surface area (Å²) in [5.41, 5.74) is 3.82. The van der Waals surface area contributed by atoms with Crippen LogP contribution < -0.4 is 5.73 Å². The summed E-state index contributed by atoms with van der Waals surface area (Å²) in [5.74, 6) is -2.10. The normalized spacial score (nSPS) is 14.4. The fourth-order valence-electron chi connectivity index (χ4n) is 1.14. The zero-order valence-electron chi connectivity index (χ0n) is 7.73. The Kier molecular flexibility index (Phi) is 2.56. The molecule has 0 aliphatic rings. The van der Waals surface area contributed by atoms with E-state index >= 15 is 0 Å². The third-order valence-corrected chi connectivity index (χ3v) is 2.27. The molecule has 1 unspecified atom stereocenters.